The summed E-state index contributed by atoms with van der Waals surface area (Å²) in [6.45, 7) is 0. The molecule has 2 rings (SSSR count). The van der Waals surface area contributed by atoms with E-state index in [2.05, 4.69) is 11.2 Å². The van der Waals surface area contributed by atoms with Crippen LogP contribution in [-0.4, -0.2) is 11.3 Å². The second-order valence-corrected chi connectivity index (χ2v) is 2.48. The van der Waals surface area contributed by atoms with Crippen molar-refractivity contribution in [3.63, 3.8) is 0 Å². The lowest BCUT2D eigenvalue weighted by molar-refractivity contribution is 0.112. The molecule has 0 saturated heterocycles. The Morgan fingerprint density at radius 3 is 3.00 bits per heavy atom. The Hall–Kier alpha value is -1.70. The first-order valence-electron chi connectivity index (χ1n) is 3.63. The van der Waals surface area contributed by atoms with Crippen LogP contribution in [0.5, 0.6) is 0 Å². The molecule has 0 fully saturated rings. The molecular weight excluding hydrogens is 150 g/mol. The zero-order chi connectivity index (χ0) is 8.39. The molecule has 1 heterocycles. The third kappa shape index (κ3) is 0.975. The van der Waals surface area contributed by atoms with Crippen LogP contribution < -0.4 is 0 Å². The molecule has 0 aliphatic rings. The molecule has 2 aromatic rings. The Bertz CT molecular complexity index is 418. The molecule has 1 aromatic carbocycles. The predicted molar refractivity (Wildman–Crippen MR) is 46.0 cm³/mol. The van der Waals surface area contributed by atoms with Crippen molar-refractivity contribution in [2.24, 2.45) is 0 Å². The van der Waals surface area contributed by atoms with Crippen molar-refractivity contribution in [2.45, 2.75) is 0 Å². The van der Waals surface area contributed by atoms with Crippen LogP contribution in [0.3, 0.4) is 0 Å². The second kappa shape index (κ2) is 2.74. The number of benzene rings is 1. The molecule has 0 spiro atoms. The maximum atomic E-state index is 10.6. The third-order valence-corrected chi connectivity index (χ3v) is 1.75. The molecule has 0 atom stereocenters. The smallest absolute Gasteiger partial charge is 0.150 e. The summed E-state index contributed by atoms with van der Waals surface area (Å²) in [5.41, 5.74) is 1.45. The minimum Gasteiger partial charge on any atom is -0.298 e. The molecule has 57 valence electrons. The van der Waals surface area contributed by atoms with E-state index in [-0.39, 0.29) is 0 Å². The largest absolute Gasteiger partial charge is 0.298 e. The van der Waals surface area contributed by atoms with Gasteiger partial charge in [-0.05, 0) is 12.1 Å². The molecule has 0 amide bonds. The average molecular weight is 156 g/mol. The predicted octanol–water partition coefficient (Wildman–Crippen LogP) is 1.85. The van der Waals surface area contributed by atoms with Crippen LogP contribution >= 0.6 is 0 Å². The van der Waals surface area contributed by atoms with Crippen LogP contribution in [0, 0.1) is 6.20 Å². The molecular formula is C10H6NO. The van der Waals surface area contributed by atoms with E-state index in [4.69, 9.17) is 0 Å². The van der Waals surface area contributed by atoms with Gasteiger partial charge in [0.25, 0.3) is 0 Å². The summed E-state index contributed by atoms with van der Waals surface area (Å²) in [7, 11) is 0. The van der Waals surface area contributed by atoms with Crippen LogP contribution in [0.4, 0.5) is 0 Å². The van der Waals surface area contributed by atoms with Gasteiger partial charge in [0.05, 0.1) is 11.7 Å². The van der Waals surface area contributed by atoms with Gasteiger partial charge in [-0.25, -0.2) is 4.98 Å². The zero-order valence-electron chi connectivity index (χ0n) is 6.32. The van der Waals surface area contributed by atoms with E-state index in [1.807, 2.05) is 24.3 Å². The number of carbonyl (C=O) groups is 1. The minimum atomic E-state index is 0.639. The summed E-state index contributed by atoms with van der Waals surface area (Å²) in [5.74, 6) is 0. The molecule has 2 nitrogen and oxygen atoms in total. The lowest BCUT2D eigenvalue weighted by Crippen LogP contribution is -1.85. The van der Waals surface area contributed by atoms with Crippen LogP contribution in [0.25, 0.3) is 10.9 Å². The molecule has 0 aliphatic heterocycles. The molecule has 0 aliphatic carbocycles. The van der Waals surface area contributed by atoms with Crippen LogP contribution in [0.1, 0.15) is 10.4 Å². The van der Waals surface area contributed by atoms with Crippen molar-refractivity contribution < 1.29 is 4.79 Å². The number of nitrogens with zero attached hydrogens (tertiary/aromatic N) is 1. The molecule has 0 bridgehead atoms. The highest BCUT2D eigenvalue weighted by Crippen LogP contribution is 2.13. The third-order valence-electron chi connectivity index (χ3n) is 1.75. The van der Waals surface area contributed by atoms with Gasteiger partial charge >= 0.3 is 0 Å². The second-order valence-electron chi connectivity index (χ2n) is 2.48. The summed E-state index contributed by atoms with van der Waals surface area (Å²) >= 11 is 0. The summed E-state index contributed by atoms with van der Waals surface area (Å²) in [5, 5.41) is 0.881. The molecule has 1 radical (unpaired) electrons. The van der Waals surface area contributed by atoms with Crippen molar-refractivity contribution in [2.75, 3.05) is 0 Å². The quantitative estimate of drug-likeness (QED) is 0.590. The van der Waals surface area contributed by atoms with E-state index >= 15 is 0 Å². The number of carbonyl (C=O) groups excluding carboxylic acids is 1. The maximum absolute atomic E-state index is 10.6. The number of fused-ring (bicyclic) bond motifs is 1. The van der Waals surface area contributed by atoms with E-state index in [1.165, 1.54) is 0 Å². The average Bonchev–Trinajstić information content (AvgIpc) is 2.17. The lowest BCUT2D eigenvalue weighted by Gasteiger charge is -1.96. The van der Waals surface area contributed by atoms with Gasteiger partial charge in [0.2, 0.25) is 0 Å². The molecule has 12 heavy (non-hydrogen) atoms. The van der Waals surface area contributed by atoms with Crippen LogP contribution in [0.15, 0.2) is 30.3 Å². The summed E-state index contributed by atoms with van der Waals surface area (Å²) in [6.07, 6.45) is 3.49. The summed E-state index contributed by atoms with van der Waals surface area (Å²) in [4.78, 5) is 14.6. The van der Waals surface area contributed by atoms with Gasteiger partial charge in [-0.1, -0.05) is 18.2 Å². The maximum Gasteiger partial charge on any atom is 0.150 e. The van der Waals surface area contributed by atoms with Crippen molar-refractivity contribution in [1.29, 1.82) is 0 Å². The van der Waals surface area contributed by atoms with Crippen molar-refractivity contribution in [3.8, 4) is 0 Å². The molecule has 0 unspecified atom stereocenters. The van der Waals surface area contributed by atoms with Gasteiger partial charge in [-0.2, -0.15) is 0 Å². The van der Waals surface area contributed by atoms with Gasteiger partial charge < -0.3 is 0 Å². The highest BCUT2D eigenvalue weighted by molar-refractivity contribution is 5.95. The Morgan fingerprint density at radius 2 is 2.17 bits per heavy atom. The van der Waals surface area contributed by atoms with E-state index in [1.54, 1.807) is 6.07 Å². The Kier molecular flexibility index (Phi) is 1.59. The van der Waals surface area contributed by atoms with Gasteiger partial charge in [0.1, 0.15) is 0 Å². The van der Waals surface area contributed by atoms with E-state index in [9.17, 15) is 4.79 Å². The number of aldehydes is 1. The fourth-order valence-corrected chi connectivity index (χ4v) is 1.16. The summed E-state index contributed by atoms with van der Waals surface area (Å²) in [6, 6.07) is 9.10. The number of hydrogen-bond acceptors (Lipinski definition) is 2. The number of hydrogen-bond donors (Lipinski definition) is 0. The SMILES string of the molecule is O=Cc1c[c]nc2ccccc12. The van der Waals surface area contributed by atoms with Gasteiger partial charge in [-0.3, -0.25) is 4.79 Å². The molecule has 1 aromatic heterocycles. The van der Waals surface area contributed by atoms with E-state index in [0.29, 0.717) is 5.56 Å². The normalized spacial score (nSPS) is 10.0. The highest BCUT2D eigenvalue weighted by atomic mass is 16.1. The number of pyridine rings is 1. The van der Waals surface area contributed by atoms with Gasteiger partial charge in [0, 0.05) is 10.9 Å². The van der Waals surface area contributed by atoms with Gasteiger partial charge in [0.15, 0.2) is 6.29 Å². The number of aromatic nitrogens is 1. The first-order valence-corrected chi connectivity index (χ1v) is 3.63. The number of rotatable bonds is 1. The van der Waals surface area contributed by atoms with E-state index < -0.39 is 0 Å². The minimum absolute atomic E-state index is 0.639. The van der Waals surface area contributed by atoms with E-state index in [0.717, 1.165) is 17.2 Å². The first kappa shape index (κ1) is 6.98. The molecule has 2 heteroatoms. The molecule has 0 N–H and O–H groups in total. The summed E-state index contributed by atoms with van der Waals surface area (Å²) < 4.78 is 0. The zero-order valence-corrected chi connectivity index (χ0v) is 6.32. The topological polar surface area (TPSA) is 30.0 Å². The monoisotopic (exact) mass is 156 g/mol. The number of para-hydroxylation sites is 1. The Morgan fingerprint density at radius 1 is 1.33 bits per heavy atom. The van der Waals surface area contributed by atoms with Crippen molar-refractivity contribution >= 4 is 17.2 Å². The van der Waals surface area contributed by atoms with Crippen molar-refractivity contribution in [1.82, 2.24) is 4.98 Å². The fourth-order valence-electron chi connectivity index (χ4n) is 1.16. The Balaban J connectivity index is 2.88. The highest BCUT2D eigenvalue weighted by Gasteiger charge is 1.97. The Labute approximate surface area is 69.9 Å². The lowest BCUT2D eigenvalue weighted by atomic mass is 10.1. The standard InChI is InChI=1S/C10H6NO/c12-7-8-5-6-11-10-4-2-1-3-9(8)10/h1-5,7H. The fraction of sp³-hybridized carbons (Fsp3) is 0. The van der Waals surface area contributed by atoms with Crippen LogP contribution in [0.2, 0.25) is 0 Å². The molecule has 0 saturated carbocycles. The van der Waals surface area contributed by atoms with Gasteiger partial charge in [-0.15, -0.1) is 0 Å². The van der Waals surface area contributed by atoms with Crippen molar-refractivity contribution in [3.05, 3.63) is 42.1 Å². The van der Waals surface area contributed by atoms with Crippen LogP contribution in [-0.2, 0) is 0 Å². The first-order chi connectivity index (χ1) is 5.92.